The molecule has 0 saturated heterocycles. The zero-order valence-corrected chi connectivity index (χ0v) is 13.6. The van der Waals surface area contributed by atoms with E-state index in [9.17, 15) is 14.9 Å². The fourth-order valence-corrected chi connectivity index (χ4v) is 2.08. The fraction of sp³-hybridized carbons (Fsp3) is 0.235. The second-order valence-corrected chi connectivity index (χ2v) is 5.21. The average molecular weight is 330 g/mol. The number of aryl methyl sites for hydroxylation is 1. The smallest absolute Gasteiger partial charge is 0.273 e. The highest BCUT2D eigenvalue weighted by molar-refractivity contribution is 5.95. The van der Waals surface area contributed by atoms with E-state index in [2.05, 4.69) is 5.32 Å². The zero-order chi connectivity index (χ0) is 17.7. The van der Waals surface area contributed by atoms with Crippen molar-refractivity contribution in [2.45, 2.75) is 20.0 Å². The summed E-state index contributed by atoms with van der Waals surface area (Å²) < 4.78 is 10.7. The van der Waals surface area contributed by atoms with E-state index in [1.807, 2.05) is 13.0 Å². The van der Waals surface area contributed by atoms with Crippen molar-refractivity contribution in [1.82, 2.24) is 0 Å². The van der Waals surface area contributed by atoms with Crippen LogP contribution in [-0.2, 0) is 4.79 Å². The van der Waals surface area contributed by atoms with Crippen molar-refractivity contribution in [3.8, 4) is 11.5 Å². The minimum absolute atomic E-state index is 0.0968. The van der Waals surface area contributed by atoms with E-state index in [0.29, 0.717) is 11.4 Å². The van der Waals surface area contributed by atoms with Crippen LogP contribution in [0.3, 0.4) is 0 Å². The lowest BCUT2D eigenvalue weighted by Gasteiger charge is -2.16. The third-order valence-electron chi connectivity index (χ3n) is 3.32. The van der Waals surface area contributed by atoms with Crippen molar-refractivity contribution < 1.29 is 19.2 Å². The lowest BCUT2D eigenvalue weighted by molar-refractivity contribution is -0.384. The molecule has 7 heteroatoms. The molecule has 1 atom stereocenters. The maximum Gasteiger partial charge on any atom is 0.273 e. The van der Waals surface area contributed by atoms with Gasteiger partial charge in [0.15, 0.2) is 6.10 Å². The van der Waals surface area contributed by atoms with Gasteiger partial charge in [0.1, 0.15) is 11.5 Å². The van der Waals surface area contributed by atoms with Crippen LogP contribution < -0.4 is 14.8 Å². The summed E-state index contributed by atoms with van der Waals surface area (Å²) in [5, 5.41) is 13.5. The molecule has 2 aromatic rings. The highest BCUT2D eigenvalue weighted by atomic mass is 16.6. The molecule has 0 radical (unpaired) electrons. The Balaban J connectivity index is 2.09. The molecular weight excluding hydrogens is 312 g/mol. The van der Waals surface area contributed by atoms with Crippen molar-refractivity contribution >= 4 is 17.3 Å². The number of nitro benzene ring substituents is 1. The highest BCUT2D eigenvalue weighted by Crippen LogP contribution is 2.26. The molecule has 126 valence electrons. The number of hydrogen-bond acceptors (Lipinski definition) is 5. The van der Waals surface area contributed by atoms with Crippen molar-refractivity contribution in [2.24, 2.45) is 0 Å². The monoisotopic (exact) mass is 330 g/mol. The van der Waals surface area contributed by atoms with Gasteiger partial charge in [-0.05, 0) is 37.6 Å². The Morgan fingerprint density at radius 2 is 2.00 bits per heavy atom. The van der Waals surface area contributed by atoms with Crippen LogP contribution in [0, 0.1) is 17.0 Å². The van der Waals surface area contributed by atoms with Gasteiger partial charge in [-0.25, -0.2) is 0 Å². The fourth-order valence-electron chi connectivity index (χ4n) is 2.08. The lowest BCUT2D eigenvalue weighted by atomic mass is 10.2. The molecule has 0 aliphatic rings. The first kappa shape index (κ1) is 17.3. The maximum atomic E-state index is 12.3. The van der Waals surface area contributed by atoms with Gasteiger partial charge in [0, 0.05) is 6.07 Å². The Morgan fingerprint density at radius 1 is 1.25 bits per heavy atom. The number of ether oxygens (including phenoxy) is 2. The van der Waals surface area contributed by atoms with E-state index < -0.39 is 11.0 Å². The van der Waals surface area contributed by atoms with E-state index in [-0.39, 0.29) is 17.3 Å². The first-order valence-corrected chi connectivity index (χ1v) is 7.27. The predicted molar refractivity (Wildman–Crippen MR) is 89.5 cm³/mol. The number of hydrogen-bond donors (Lipinski definition) is 1. The van der Waals surface area contributed by atoms with Gasteiger partial charge in [0.2, 0.25) is 0 Å². The number of amides is 1. The summed E-state index contributed by atoms with van der Waals surface area (Å²) in [6.45, 7) is 3.47. The van der Waals surface area contributed by atoms with Gasteiger partial charge < -0.3 is 14.8 Å². The maximum absolute atomic E-state index is 12.3. The Morgan fingerprint density at radius 3 is 2.67 bits per heavy atom. The minimum Gasteiger partial charge on any atom is -0.495 e. The van der Waals surface area contributed by atoms with E-state index in [0.717, 1.165) is 5.56 Å². The number of nitrogens with one attached hydrogen (secondary N) is 1. The zero-order valence-electron chi connectivity index (χ0n) is 13.6. The Bertz CT molecular complexity index is 760. The molecule has 2 rings (SSSR count). The number of benzene rings is 2. The van der Waals surface area contributed by atoms with E-state index in [4.69, 9.17) is 9.47 Å². The molecule has 0 heterocycles. The molecule has 0 aliphatic heterocycles. The quantitative estimate of drug-likeness (QED) is 0.648. The summed E-state index contributed by atoms with van der Waals surface area (Å²) >= 11 is 0. The second kappa shape index (κ2) is 7.45. The van der Waals surface area contributed by atoms with Crippen molar-refractivity contribution in [2.75, 3.05) is 12.4 Å². The Hall–Kier alpha value is -3.09. The van der Waals surface area contributed by atoms with Crippen LogP contribution in [0.1, 0.15) is 12.5 Å². The van der Waals surface area contributed by atoms with Crippen molar-refractivity contribution in [3.05, 3.63) is 58.1 Å². The lowest BCUT2D eigenvalue weighted by Crippen LogP contribution is -2.30. The molecule has 0 unspecified atom stereocenters. The van der Waals surface area contributed by atoms with E-state index in [1.165, 1.54) is 25.3 Å². The summed E-state index contributed by atoms with van der Waals surface area (Å²) in [6.07, 6.45) is -0.836. The van der Waals surface area contributed by atoms with Crippen LogP contribution in [0.5, 0.6) is 11.5 Å². The van der Waals surface area contributed by atoms with E-state index in [1.54, 1.807) is 25.1 Å². The van der Waals surface area contributed by atoms with Crippen LogP contribution in [0.25, 0.3) is 0 Å². The molecule has 2 aromatic carbocycles. The largest absolute Gasteiger partial charge is 0.495 e. The molecule has 0 bridgehead atoms. The number of carbonyl (C=O) groups is 1. The number of non-ortho nitro benzene ring substituents is 1. The van der Waals surface area contributed by atoms with Crippen LogP contribution >= 0.6 is 0 Å². The molecule has 24 heavy (non-hydrogen) atoms. The highest BCUT2D eigenvalue weighted by Gasteiger charge is 2.18. The molecule has 0 aromatic heterocycles. The molecule has 7 nitrogen and oxygen atoms in total. The van der Waals surface area contributed by atoms with Gasteiger partial charge in [-0.1, -0.05) is 12.1 Å². The summed E-state index contributed by atoms with van der Waals surface area (Å²) in [4.78, 5) is 22.5. The summed E-state index contributed by atoms with van der Waals surface area (Å²) in [5.41, 5.74) is 1.41. The molecule has 0 saturated carbocycles. The first-order chi connectivity index (χ1) is 11.4. The molecule has 1 N–H and O–H groups in total. The van der Waals surface area contributed by atoms with Crippen LogP contribution in [-0.4, -0.2) is 24.0 Å². The average Bonchev–Trinajstić information content (AvgIpc) is 2.55. The number of nitro groups is 1. The van der Waals surface area contributed by atoms with Gasteiger partial charge in [-0.15, -0.1) is 0 Å². The van der Waals surface area contributed by atoms with Crippen LogP contribution in [0.2, 0.25) is 0 Å². The third-order valence-corrected chi connectivity index (χ3v) is 3.32. The van der Waals surface area contributed by atoms with Gasteiger partial charge in [-0.2, -0.15) is 0 Å². The number of anilines is 1. The molecule has 0 aliphatic carbocycles. The second-order valence-electron chi connectivity index (χ2n) is 5.21. The van der Waals surface area contributed by atoms with Crippen LogP contribution in [0.15, 0.2) is 42.5 Å². The standard InChI is InChI=1S/C17H18N2O5/c1-11-7-8-16(23-3)15(9-11)18-17(20)12(2)24-14-6-4-5-13(10-14)19(21)22/h4-10,12H,1-3H3,(H,18,20)/t12-/m1/s1. The topological polar surface area (TPSA) is 90.7 Å². The minimum atomic E-state index is -0.836. The van der Waals surface area contributed by atoms with Gasteiger partial charge in [-0.3, -0.25) is 14.9 Å². The summed E-state index contributed by atoms with van der Waals surface area (Å²) in [5.74, 6) is 0.407. The van der Waals surface area contributed by atoms with Crippen molar-refractivity contribution in [1.29, 1.82) is 0 Å². The van der Waals surface area contributed by atoms with E-state index >= 15 is 0 Å². The number of methoxy groups -OCH3 is 1. The first-order valence-electron chi connectivity index (χ1n) is 7.27. The van der Waals surface area contributed by atoms with Gasteiger partial charge >= 0.3 is 0 Å². The van der Waals surface area contributed by atoms with Crippen LogP contribution in [0.4, 0.5) is 11.4 Å². The Kier molecular flexibility index (Phi) is 5.36. The number of nitrogens with zero attached hydrogens (tertiary/aromatic N) is 1. The predicted octanol–water partition coefficient (Wildman–Crippen LogP) is 3.32. The summed E-state index contributed by atoms with van der Waals surface area (Å²) in [7, 11) is 1.52. The third kappa shape index (κ3) is 4.22. The van der Waals surface area contributed by atoms with Gasteiger partial charge in [0.25, 0.3) is 11.6 Å². The Labute approximate surface area is 139 Å². The van der Waals surface area contributed by atoms with Crippen molar-refractivity contribution in [3.63, 3.8) is 0 Å². The molecular formula is C17H18N2O5. The molecule has 1 amide bonds. The SMILES string of the molecule is COc1ccc(C)cc1NC(=O)[C@@H](C)Oc1cccc([N+](=O)[O-])c1. The summed E-state index contributed by atoms with van der Waals surface area (Å²) in [6, 6.07) is 11.1. The molecule has 0 spiro atoms. The molecule has 0 fully saturated rings. The normalized spacial score (nSPS) is 11.5. The number of carbonyl (C=O) groups excluding carboxylic acids is 1. The number of rotatable bonds is 6. The van der Waals surface area contributed by atoms with Gasteiger partial charge in [0.05, 0.1) is 23.8 Å².